The highest BCUT2D eigenvalue weighted by molar-refractivity contribution is 7.89. The normalized spacial score (nSPS) is 18.0. The fraction of sp³-hybridized carbons (Fsp3) is 0.350. The van der Waals surface area contributed by atoms with Crippen molar-refractivity contribution in [1.82, 2.24) is 13.1 Å². The van der Waals surface area contributed by atoms with Gasteiger partial charge in [0.1, 0.15) is 15.9 Å². The molecular weight excluding hydrogens is 408 g/mol. The van der Waals surface area contributed by atoms with Crippen LogP contribution in [-0.4, -0.2) is 40.5 Å². The van der Waals surface area contributed by atoms with Crippen LogP contribution in [0.25, 0.3) is 11.0 Å². The lowest BCUT2D eigenvalue weighted by molar-refractivity contribution is -0.120. The third-order valence-electron chi connectivity index (χ3n) is 5.22. The number of anilines is 1. The summed E-state index contributed by atoms with van der Waals surface area (Å²) in [6.07, 6.45) is 2.18. The van der Waals surface area contributed by atoms with Crippen LogP contribution < -0.4 is 5.32 Å². The van der Waals surface area contributed by atoms with Crippen LogP contribution in [0.5, 0.6) is 0 Å². The van der Waals surface area contributed by atoms with Crippen LogP contribution in [0, 0.1) is 5.92 Å². The van der Waals surface area contributed by atoms with Gasteiger partial charge in [0.05, 0.1) is 17.6 Å². The molecule has 29 heavy (non-hydrogen) atoms. The Morgan fingerprint density at radius 3 is 2.90 bits per heavy atom. The molecule has 9 heteroatoms. The van der Waals surface area contributed by atoms with Gasteiger partial charge in [-0.25, -0.2) is 8.42 Å². The number of nitrogens with one attached hydrogen (secondary N) is 1. The zero-order valence-electron chi connectivity index (χ0n) is 16.0. The van der Waals surface area contributed by atoms with Gasteiger partial charge in [0.15, 0.2) is 0 Å². The van der Waals surface area contributed by atoms with Gasteiger partial charge in [-0.15, -0.1) is 0 Å². The molecule has 7 nitrogen and oxygen atoms in total. The Morgan fingerprint density at radius 2 is 2.07 bits per heavy atom. The average Bonchev–Trinajstić information content (AvgIpc) is 3.22. The molecule has 0 aliphatic carbocycles. The van der Waals surface area contributed by atoms with E-state index in [2.05, 4.69) is 21.0 Å². The van der Waals surface area contributed by atoms with Crippen LogP contribution in [0.3, 0.4) is 0 Å². The molecule has 1 atom stereocenters. The maximum atomic E-state index is 13.2. The number of carbonyl (C=O) groups excluding carboxylic acids is 1. The number of piperidine rings is 1. The molecular formula is C20H22N4O3S2. The zero-order chi connectivity index (χ0) is 20.4. The molecule has 4 rings (SSSR count). The summed E-state index contributed by atoms with van der Waals surface area (Å²) in [4.78, 5) is 12.9. The van der Waals surface area contributed by atoms with E-state index in [4.69, 9.17) is 0 Å². The van der Waals surface area contributed by atoms with Crippen molar-refractivity contribution in [3.63, 3.8) is 0 Å². The van der Waals surface area contributed by atoms with E-state index in [0.717, 1.165) is 29.4 Å². The van der Waals surface area contributed by atoms with Crippen molar-refractivity contribution in [2.45, 2.75) is 31.1 Å². The molecule has 1 aliphatic heterocycles. The number of benzene rings is 2. The van der Waals surface area contributed by atoms with Crippen molar-refractivity contribution < 1.29 is 13.2 Å². The molecule has 0 saturated carbocycles. The average molecular weight is 431 g/mol. The second-order valence-corrected chi connectivity index (χ2v) is 9.57. The van der Waals surface area contributed by atoms with Gasteiger partial charge in [0.2, 0.25) is 15.9 Å². The predicted octanol–water partition coefficient (Wildman–Crippen LogP) is 3.29. The Kier molecular flexibility index (Phi) is 5.62. The smallest absolute Gasteiger partial charge is 0.245 e. The van der Waals surface area contributed by atoms with Gasteiger partial charge in [-0.3, -0.25) is 4.79 Å². The standard InChI is InChI=1S/C20H22N4O3S2/c1-2-14-6-3-8-16(12-14)21-20(25)15-7-5-11-24(13-15)29(26,27)18-10-4-9-17-19(18)23-28-22-17/h3-4,6,8-10,12,15H,2,5,7,11,13H2,1H3,(H,21,25). The van der Waals surface area contributed by atoms with E-state index < -0.39 is 15.9 Å². The Bertz CT molecular complexity index is 1140. The molecule has 1 N–H and O–H groups in total. The van der Waals surface area contributed by atoms with Gasteiger partial charge in [-0.05, 0) is 49.1 Å². The van der Waals surface area contributed by atoms with E-state index in [1.54, 1.807) is 18.2 Å². The van der Waals surface area contributed by atoms with E-state index >= 15 is 0 Å². The first-order valence-electron chi connectivity index (χ1n) is 9.60. The predicted molar refractivity (Wildman–Crippen MR) is 113 cm³/mol. The van der Waals surface area contributed by atoms with Crippen LogP contribution >= 0.6 is 11.7 Å². The lowest BCUT2D eigenvalue weighted by Crippen LogP contribution is -2.43. The van der Waals surface area contributed by atoms with Crippen molar-refractivity contribution in [3.05, 3.63) is 48.0 Å². The monoisotopic (exact) mass is 430 g/mol. The van der Waals surface area contributed by atoms with Gasteiger partial charge < -0.3 is 5.32 Å². The van der Waals surface area contributed by atoms with Crippen LogP contribution in [0.2, 0.25) is 0 Å². The third kappa shape index (κ3) is 4.03. The van der Waals surface area contributed by atoms with E-state index in [0.29, 0.717) is 30.4 Å². The Balaban J connectivity index is 1.53. The first kappa shape index (κ1) is 19.9. The molecule has 2 aromatic carbocycles. The van der Waals surface area contributed by atoms with Gasteiger partial charge in [0, 0.05) is 18.8 Å². The first-order chi connectivity index (χ1) is 14.0. The van der Waals surface area contributed by atoms with Gasteiger partial charge in [0.25, 0.3) is 0 Å². The second-order valence-electron chi connectivity index (χ2n) is 7.13. The molecule has 0 spiro atoms. The number of sulfonamides is 1. The molecule has 0 bridgehead atoms. The van der Waals surface area contributed by atoms with Crippen LogP contribution in [0.4, 0.5) is 5.69 Å². The van der Waals surface area contributed by atoms with Crippen molar-refractivity contribution >= 4 is 44.4 Å². The number of hydrogen-bond acceptors (Lipinski definition) is 6. The van der Waals surface area contributed by atoms with E-state index in [1.807, 2.05) is 24.3 Å². The zero-order valence-corrected chi connectivity index (χ0v) is 17.7. The summed E-state index contributed by atoms with van der Waals surface area (Å²) in [6.45, 7) is 2.62. The van der Waals surface area contributed by atoms with Crippen molar-refractivity contribution in [3.8, 4) is 0 Å². The quantitative estimate of drug-likeness (QED) is 0.671. The Labute approximate surface area is 174 Å². The number of hydrogen-bond donors (Lipinski definition) is 1. The molecule has 1 aromatic heterocycles. The third-order valence-corrected chi connectivity index (χ3v) is 7.66. The maximum Gasteiger partial charge on any atom is 0.245 e. The van der Waals surface area contributed by atoms with E-state index in [-0.39, 0.29) is 17.3 Å². The number of amides is 1. The summed E-state index contributed by atoms with van der Waals surface area (Å²) < 4.78 is 36.2. The summed E-state index contributed by atoms with van der Waals surface area (Å²) in [7, 11) is -3.75. The number of nitrogens with zero attached hydrogens (tertiary/aromatic N) is 3. The Hall–Kier alpha value is -2.36. The molecule has 1 amide bonds. The van der Waals surface area contributed by atoms with E-state index in [1.165, 1.54) is 4.31 Å². The number of aromatic nitrogens is 2. The van der Waals surface area contributed by atoms with Crippen LogP contribution in [0.1, 0.15) is 25.3 Å². The fourth-order valence-corrected chi connectivity index (χ4v) is 5.89. The van der Waals surface area contributed by atoms with Crippen LogP contribution in [-0.2, 0) is 21.2 Å². The molecule has 1 unspecified atom stereocenters. The van der Waals surface area contributed by atoms with Gasteiger partial charge >= 0.3 is 0 Å². The highest BCUT2D eigenvalue weighted by Crippen LogP contribution is 2.28. The minimum atomic E-state index is -3.75. The van der Waals surface area contributed by atoms with Crippen LogP contribution in [0.15, 0.2) is 47.4 Å². The summed E-state index contributed by atoms with van der Waals surface area (Å²) in [5.41, 5.74) is 2.84. The minimum absolute atomic E-state index is 0.147. The molecule has 0 radical (unpaired) electrons. The van der Waals surface area contributed by atoms with Crippen molar-refractivity contribution in [2.75, 3.05) is 18.4 Å². The Morgan fingerprint density at radius 1 is 1.24 bits per heavy atom. The molecule has 1 fully saturated rings. The number of rotatable bonds is 5. The topological polar surface area (TPSA) is 92.3 Å². The maximum absolute atomic E-state index is 13.2. The highest BCUT2D eigenvalue weighted by atomic mass is 32.2. The summed E-state index contributed by atoms with van der Waals surface area (Å²) in [6, 6.07) is 12.7. The number of aryl methyl sites for hydroxylation is 1. The summed E-state index contributed by atoms with van der Waals surface area (Å²) >= 11 is 0.992. The first-order valence-corrected chi connectivity index (χ1v) is 11.8. The minimum Gasteiger partial charge on any atom is -0.326 e. The largest absolute Gasteiger partial charge is 0.326 e. The molecule has 3 aromatic rings. The fourth-order valence-electron chi connectivity index (χ4n) is 3.62. The number of fused-ring (bicyclic) bond motifs is 1. The molecule has 152 valence electrons. The lowest BCUT2D eigenvalue weighted by Gasteiger charge is -2.31. The number of carbonyl (C=O) groups is 1. The second kappa shape index (κ2) is 8.17. The van der Waals surface area contributed by atoms with Gasteiger partial charge in [-0.2, -0.15) is 13.1 Å². The summed E-state index contributed by atoms with van der Waals surface area (Å²) in [5.74, 6) is -0.539. The van der Waals surface area contributed by atoms with Crippen molar-refractivity contribution in [2.24, 2.45) is 5.92 Å². The van der Waals surface area contributed by atoms with Gasteiger partial charge in [-0.1, -0.05) is 25.1 Å². The summed E-state index contributed by atoms with van der Waals surface area (Å²) in [5, 5.41) is 2.94. The molecule has 2 heterocycles. The lowest BCUT2D eigenvalue weighted by atomic mass is 9.98. The SMILES string of the molecule is CCc1cccc(NC(=O)C2CCCN(S(=O)(=O)c3cccc4nsnc34)C2)c1. The van der Waals surface area contributed by atoms with Crippen molar-refractivity contribution in [1.29, 1.82) is 0 Å². The molecule has 1 saturated heterocycles. The highest BCUT2D eigenvalue weighted by Gasteiger charge is 2.34. The molecule has 1 aliphatic rings. The van der Waals surface area contributed by atoms with E-state index in [9.17, 15) is 13.2 Å².